The van der Waals surface area contributed by atoms with Crippen molar-refractivity contribution in [1.29, 1.82) is 0 Å². The van der Waals surface area contributed by atoms with E-state index in [9.17, 15) is 22.4 Å². The van der Waals surface area contributed by atoms with Crippen molar-refractivity contribution in [3.8, 4) is 0 Å². The molecule has 0 aromatic heterocycles. The van der Waals surface area contributed by atoms with Crippen LogP contribution >= 0.6 is 11.6 Å². The van der Waals surface area contributed by atoms with E-state index in [1.165, 1.54) is 29.2 Å². The predicted octanol–water partition coefficient (Wildman–Crippen LogP) is 5.76. The number of hydrogen-bond donors (Lipinski definition) is 1. The Morgan fingerprint density at radius 3 is 2.16 bits per heavy atom. The second-order valence-electron chi connectivity index (χ2n) is 9.97. The average Bonchev–Trinajstić information content (AvgIpc) is 3.01. The van der Waals surface area contributed by atoms with E-state index in [1.54, 1.807) is 25.1 Å². The van der Waals surface area contributed by atoms with Gasteiger partial charge < -0.3 is 10.2 Å². The van der Waals surface area contributed by atoms with Crippen LogP contribution in [0.5, 0.6) is 0 Å². The quantitative estimate of drug-likeness (QED) is 0.218. The number of aryl methyl sites for hydroxylation is 1. The van der Waals surface area contributed by atoms with E-state index in [2.05, 4.69) is 5.32 Å². The summed E-state index contributed by atoms with van der Waals surface area (Å²) in [5.74, 6) is -1.71. The molecule has 0 saturated heterocycles. The number of nitrogens with zero attached hydrogens (tertiary/aromatic N) is 2. The second-order valence-corrected chi connectivity index (χ2v) is 12.2. The molecule has 7 nitrogen and oxygen atoms in total. The number of hydrogen-bond acceptors (Lipinski definition) is 4. The Balaban J connectivity index is 1.81. The molecule has 10 heteroatoms. The molecular weight excluding hydrogens is 589 g/mol. The van der Waals surface area contributed by atoms with Gasteiger partial charge in [-0.25, -0.2) is 12.8 Å². The van der Waals surface area contributed by atoms with Gasteiger partial charge in [-0.05, 0) is 60.9 Å². The Morgan fingerprint density at radius 1 is 0.907 bits per heavy atom. The van der Waals surface area contributed by atoms with Gasteiger partial charge in [0.25, 0.3) is 10.0 Å². The molecule has 0 spiro atoms. The lowest BCUT2D eigenvalue weighted by Crippen LogP contribution is -2.53. The summed E-state index contributed by atoms with van der Waals surface area (Å²) in [7, 11) is -4.30. The van der Waals surface area contributed by atoms with Gasteiger partial charge in [0, 0.05) is 19.5 Å². The van der Waals surface area contributed by atoms with E-state index in [0.29, 0.717) is 6.54 Å². The van der Waals surface area contributed by atoms with Gasteiger partial charge in [0.15, 0.2) is 0 Å². The molecule has 0 unspecified atom stereocenters. The van der Waals surface area contributed by atoms with Crippen LogP contribution in [0.4, 0.5) is 10.1 Å². The molecule has 0 radical (unpaired) electrons. The fourth-order valence-corrected chi connectivity index (χ4v) is 6.31. The third-order valence-corrected chi connectivity index (χ3v) is 9.10. The molecule has 224 valence electrons. The Bertz CT molecular complexity index is 1670. The highest BCUT2D eigenvalue weighted by molar-refractivity contribution is 7.92. The Kier molecular flexibility index (Phi) is 10.6. The Hall–Kier alpha value is -4.21. The number of amides is 2. The lowest BCUT2D eigenvalue weighted by Gasteiger charge is -2.34. The van der Waals surface area contributed by atoms with Crippen LogP contribution in [0.2, 0.25) is 5.02 Å². The number of carbonyl (C=O) groups excluding carboxylic acids is 2. The largest absolute Gasteiger partial charge is 0.355 e. The summed E-state index contributed by atoms with van der Waals surface area (Å²) in [6.07, 6.45) is 0.206. The van der Waals surface area contributed by atoms with Gasteiger partial charge >= 0.3 is 0 Å². The van der Waals surface area contributed by atoms with Gasteiger partial charge in [-0.2, -0.15) is 0 Å². The smallest absolute Gasteiger partial charge is 0.264 e. The zero-order valence-electron chi connectivity index (χ0n) is 23.9. The molecular formula is C33H33ClFN3O4S. The Labute approximate surface area is 257 Å². The minimum Gasteiger partial charge on any atom is -0.355 e. The van der Waals surface area contributed by atoms with Crippen molar-refractivity contribution >= 4 is 39.1 Å². The zero-order valence-corrected chi connectivity index (χ0v) is 25.5. The fraction of sp³-hybridized carbons (Fsp3) is 0.212. The number of likely N-dealkylation sites (N-methyl/N-ethyl adjacent to an activating group) is 1. The minimum absolute atomic E-state index is 0.0112. The standard InChI is InChI=1S/C33H33ClFN3O4S/c1-3-36-33(40)31(20-25-13-6-4-7-14-25)37(22-26-15-11-10-12-24(26)2)32(39)23-38(27-18-19-30(35)29(34)21-27)43(41,42)28-16-8-5-9-17-28/h4-19,21,31H,3,20,22-23H2,1-2H3,(H,36,40)/t31-/m1/s1. The van der Waals surface area contributed by atoms with Gasteiger partial charge in [-0.15, -0.1) is 0 Å². The van der Waals surface area contributed by atoms with Crippen molar-refractivity contribution in [3.63, 3.8) is 0 Å². The van der Waals surface area contributed by atoms with Crippen molar-refractivity contribution in [1.82, 2.24) is 10.2 Å². The molecule has 0 aliphatic heterocycles. The fourth-order valence-electron chi connectivity index (χ4n) is 4.71. The molecule has 4 aromatic rings. The third kappa shape index (κ3) is 7.80. The van der Waals surface area contributed by atoms with Crippen molar-refractivity contribution in [2.45, 2.75) is 37.8 Å². The first-order chi connectivity index (χ1) is 20.6. The molecule has 2 amide bonds. The average molecular weight is 622 g/mol. The molecule has 4 aromatic carbocycles. The lowest BCUT2D eigenvalue weighted by atomic mass is 10.0. The summed E-state index contributed by atoms with van der Waals surface area (Å²) in [5.41, 5.74) is 2.56. The van der Waals surface area contributed by atoms with E-state index in [0.717, 1.165) is 27.1 Å². The zero-order chi connectivity index (χ0) is 31.0. The number of nitrogens with one attached hydrogen (secondary N) is 1. The summed E-state index contributed by atoms with van der Waals surface area (Å²) in [6.45, 7) is 3.44. The van der Waals surface area contributed by atoms with E-state index in [-0.39, 0.29) is 34.5 Å². The number of rotatable bonds is 12. The van der Waals surface area contributed by atoms with Crippen LogP contribution in [-0.2, 0) is 32.6 Å². The molecule has 1 N–H and O–H groups in total. The van der Waals surface area contributed by atoms with Gasteiger partial charge in [-0.1, -0.05) is 84.4 Å². The van der Waals surface area contributed by atoms with Gasteiger partial charge in [0.05, 0.1) is 15.6 Å². The van der Waals surface area contributed by atoms with Crippen LogP contribution in [0.25, 0.3) is 0 Å². The van der Waals surface area contributed by atoms with Crippen LogP contribution in [0.1, 0.15) is 23.6 Å². The molecule has 0 heterocycles. The normalized spacial score (nSPS) is 11.9. The molecule has 0 aliphatic rings. The first-order valence-electron chi connectivity index (χ1n) is 13.8. The van der Waals surface area contributed by atoms with Gasteiger partial charge in [-0.3, -0.25) is 13.9 Å². The van der Waals surface area contributed by atoms with E-state index in [1.807, 2.05) is 61.5 Å². The maximum atomic E-state index is 14.3. The minimum atomic E-state index is -4.30. The topological polar surface area (TPSA) is 86.8 Å². The highest BCUT2D eigenvalue weighted by atomic mass is 35.5. The summed E-state index contributed by atoms with van der Waals surface area (Å²) in [5, 5.41) is 2.54. The third-order valence-electron chi connectivity index (χ3n) is 7.03. The van der Waals surface area contributed by atoms with E-state index in [4.69, 9.17) is 11.6 Å². The Morgan fingerprint density at radius 2 is 1.53 bits per heavy atom. The number of sulfonamides is 1. The van der Waals surface area contributed by atoms with Crippen molar-refractivity contribution in [3.05, 3.63) is 131 Å². The first-order valence-corrected chi connectivity index (χ1v) is 15.6. The first kappa shape index (κ1) is 31.7. The van der Waals surface area contributed by atoms with Crippen molar-refractivity contribution in [2.24, 2.45) is 0 Å². The van der Waals surface area contributed by atoms with Crippen LogP contribution < -0.4 is 9.62 Å². The molecule has 0 fully saturated rings. The van der Waals surface area contributed by atoms with Crippen LogP contribution in [0.15, 0.2) is 108 Å². The van der Waals surface area contributed by atoms with Crippen molar-refractivity contribution in [2.75, 3.05) is 17.4 Å². The number of carbonyl (C=O) groups is 2. The predicted molar refractivity (Wildman–Crippen MR) is 167 cm³/mol. The van der Waals surface area contributed by atoms with Crippen LogP contribution in [0, 0.1) is 12.7 Å². The van der Waals surface area contributed by atoms with E-state index < -0.39 is 34.3 Å². The summed E-state index contributed by atoms with van der Waals surface area (Å²) in [6, 6.07) is 27.0. The second kappa shape index (κ2) is 14.3. The molecule has 43 heavy (non-hydrogen) atoms. The SMILES string of the molecule is CCNC(=O)[C@@H](Cc1ccccc1)N(Cc1ccccc1C)C(=O)CN(c1ccc(F)c(Cl)c1)S(=O)(=O)c1ccccc1. The molecule has 4 rings (SSSR count). The highest BCUT2D eigenvalue weighted by Gasteiger charge is 2.34. The number of halogens is 2. The van der Waals surface area contributed by atoms with Crippen LogP contribution in [-0.4, -0.2) is 44.3 Å². The van der Waals surface area contributed by atoms with Crippen LogP contribution in [0.3, 0.4) is 0 Å². The van der Waals surface area contributed by atoms with Crippen molar-refractivity contribution < 1.29 is 22.4 Å². The molecule has 1 atom stereocenters. The maximum absolute atomic E-state index is 14.3. The monoisotopic (exact) mass is 621 g/mol. The molecule has 0 saturated carbocycles. The number of anilines is 1. The lowest BCUT2D eigenvalue weighted by molar-refractivity contribution is -0.140. The van der Waals surface area contributed by atoms with E-state index >= 15 is 0 Å². The molecule has 0 aliphatic carbocycles. The summed E-state index contributed by atoms with van der Waals surface area (Å²) in [4.78, 5) is 29.2. The maximum Gasteiger partial charge on any atom is 0.264 e. The summed E-state index contributed by atoms with van der Waals surface area (Å²) >= 11 is 6.05. The van der Waals surface area contributed by atoms with Gasteiger partial charge in [0.1, 0.15) is 18.4 Å². The highest BCUT2D eigenvalue weighted by Crippen LogP contribution is 2.28. The summed E-state index contributed by atoms with van der Waals surface area (Å²) < 4.78 is 42.9. The number of benzene rings is 4. The van der Waals surface area contributed by atoms with Gasteiger partial charge in [0.2, 0.25) is 11.8 Å². The molecule has 0 bridgehead atoms.